The van der Waals surface area contributed by atoms with Gasteiger partial charge in [-0.2, -0.15) is 0 Å². The van der Waals surface area contributed by atoms with Crippen LogP contribution in [0.25, 0.3) is 0 Å². The van der Waals surface area contributed by atoms with Gasteiger partial charge in [0, 0.05) is 25.0 Å². The van der Waals surface area contributed by atoms with Crippen LogP contribution in [0.1, 0.15) is 64.2 Å². The molecule has 1 heterocycles. The largest absolute Gasteiger partial charge is 0.342 e. The van der Waals surface area contributed by atoms with E-state index in [1.807, 2.05) is 0 Å². The molecule has 0 radical (unpaired) electrons. The van der Waals surface area contributed by atoms with Crippen LogP contribution in [0.5, 0.6) is 0 Å². The van der Waals surface area contributed by atoms with Gasteiger partial charge in [-0.15, -0.1) is 12.4 Å². The predicted octanol–water partition coefficient (Wildman–Crippen LogP) is 3.11. The number of carbonyl (C=O) groups is 1. The molecule has 3 aliphatic rings. The van der Waals surface area contributed by atoms with E-state index in [2.05, 4.69) is 4.90 Å². The Balaban J connectivity index is 0.00000147. The van der Waals surface area contributed by atoms with E-state index in [0.29, 0.717) is 11.3 Å². The molecule has 1 amide bonds. The Hall–Kier alpha value is -0.280. The normalized spacial score (nSPS) is 33.0. The van der Waals surface area contributed by atoms with Gasteiger partial charge in [-0.05, 0) is 43.9 Å². The predicted molar refractivity (Wildman–Crippen MR) is 83.9 cm³/mol. The van der Waals surface area contributed by atoms with E-state index in [4.69, 9.17) is 5.73 Å². The molecule has 0 aromatic carbocycles. The minimum absolute atomic E-state index is 0. The third-order valence-corrected chi connectivity index (χ3v) is 5.73. The SMILES string of the molecule is Cl.NC1CCCC(C(=O)N2CCC3(CCCCC3)C2)C1. The second kappa shape index (κ2) is 6.65. The van der Waals surface area contributed by atoms with Gasteiger partial charge in [0.05, 0.1) is 0 Å². The third kappa shape index (κ3) is 3.30. The molecule has 3 nitrogen and oxygen atoms in total. The van der Waals surface area contributed by atoms with E-state index >= 15 is 0 Å². The van der Waals surface area contributed by atoms with Crippen molar-refractivity contribution in [3.05, 3.63) is 0 Å². The Morgan fingerprint density at radius 2 is 1.80 bits per heavy atom. The molecule has 2 saturated carbocycles. The molecule has 0 aromatic heterocycles. The molecule has 1 aliphatic heterocycles. The molecule has 4 heteroatoms. The summed E-state index contributed by atoms with van der Waals surface area (Å²) in [5, 5.41) is 0. The van der Waals surface area contributed by atoms with Crippen LogP contribution < -0.4 is 5.73 Å². The second-order valence-electron chi connectivity index (χ2n) is 7.19. The Morgan fingerprint density at radius 3 is 2.50 bits per heavy atom. The number of hydrogen-bond acceptors (Lipinski definition) is 2. The molecule has 0 bridgehead atoms. The van der Waals surface area contributed by atoms with Gasteiger partial charge in [-0.3, -0.25) is 4.79 Å². The maximum atomic E-state index is 12.6. The molecule has 20 heavy (non-hydrogen) atoms. The highest BCUT2D eigenvalue weighted by molar-refractivity contribution is 5.85. The lowest BCUT2D eigenvalue weighted by atomic mass is 9.73. The average Bonchev–Trinajstić information content (AvgIpc) is 2.82. The minimum Gasteiger partial charge on any atom is -0.342 e. The highest BCUT2D eigenvalue weighted by atomic mass is 35.5. The smallest absolute Gasteiger partial charge is 0.225 e. The van der Waals surface area contributed by atoms with Gasteiger partial charge in [0.1, 0.15) is 0 Å². The lowest BCUT2D eigenvalue weighted by Gasteiger charge is -2.34. The Bertz CT molecular complexity index is 341. The van der Waals surface area contributed by atoms with Crippen LogP contribution in [0, 0.1) is 11.3 Å². The fourth-order valence-electron chi connectivity index (χ4n) is 4.54. The van der Waals surface area contributed by atoms with Crippen LogP contribution in [0.3, 0.4) is 0 Å². The van der Waals surface area contributed by atoms with E-state index in [1.165, 1.54) is 38.5 Å². The van der Waals surface area contributed by atoms with Gasteiger partial charge in [0.25, 0.3) is 0 Å². The summed E-state index contributed by atoms with van der Waals surface area (Å²) >= 11 is 0. The van der Waals surface area contributed by atoms with Gasteiger partial charge >= 0.3 is 0 Å². The van der Waals surface area contributed by atoms with Crippen LogP contribution in [0.4, 0.5) is 0 Å². The lowest BCUT2D eigenvalue weighted by Crippen LogP contribution is -2.40. The van der Waals surface area contributed by atoms with Crippen molar-refractivity contribution < 1.29 is 4.79 Å². The summed E-state index contributed by atoms with van der Waals surface area (Å²) in [5.74, 6) is 0.639. The highest BCUT2D eigenvalue weighted by Gasteiger charge is 2.42. The zero-order chi connectivity index (χ0) is 13.3. The lowest BCUT2D eigenvalue weighted by molar-refractivity contribution is -0.136. The van der Waals surface area contributed by atoms with Crippen LogP contribution in [0.15, 0.2) is 0 Å². The molecule has 2 N–H and O–H groups in total. The molecular weight excluding hydrogens is 272 g/mol. The van der Waals surface area contributed by atoms with Gasteiger partial charge in [-0.25, -0.2) is 0 Å². The van der Waals surface area contributed by atoms with Crippen molar-refractivity contribution >= 4 is 18.3 Å². The molecule has 2 aliphatic carbocycles. The van der Waals surface area contributed by atoms with E-state index in [-0.39, 0.29) is 24.4 Å². The van der Waals surface area contributed by atoms with E-state index in [9.17, 15) is 4.79 Å². The quantitative estimate of drug-likeness (QED) is 0.809. The number of rotatable bonds is 1. The number of amides is 1. The maximum absolute atomic E-state index is 12.6. The van der Waals surface area contributed by atoms with E-state index in [1.54, 1.807) is 0 Å². The maximum Gasteiger partial charge on any atom is 0.225 e. The first kappa shape index (κ1) is 16.1. The fraction of sp³-hybridized carbons (Fsp3) is 0.938. The van der Waals surface area contributed by atoms with Gasteiger partial charge in [0.15, 0.2) is 0 Å². The first-order chi connectivity index (χ1) is 9.19. The van der Waals surface area contributed by atoms with Crippen molar-refractivity contribution in [3.8, 4) is 0 Å². The standard InChI is InChI=1S/C16H28N2O.ClH/c17-14-6-4-5-13(11-14)15(19)18-10-9-16(12-18)7-2-1-3-8-16;/h13-14H,1-12,17H2;1H. The number of nitrogens with zero attached hydrogens (tertiary/aromatic N) is 1. The average molecular weight is 301 g/mol. The number of likely N-dealkylation sites (tertiary alicyclic amines) is 1. The zero-order valence-corrected chi connectivity index (χ0v) is 13.3. The van der Waals surface area contributed by atoms with E-state index < -0.39 is 0 Å². The third-order valence-electron chi connectivity index (χ3n) is 5.73. The number of halogens is 1. The molecule has 0 aromatic rings. The molecule has 3 rings (SSSR count). The highest BCUT2D eigenvalue weighted by Crippen LogP contribution is 2.44. The topological polar surface area (TPSA) is 46.3 Å². The molecule has 116 valence electrons. The second-order valence-corrected chi connectivity index (χ2v) is 7.19. The van der Waals surface area contributed by atoms with Crippen molar-refractivity contribution in [2.75, 3.05) is 13.1 Å². The molecule has 3 fully saturated rings. The van der Waals surface area contributed by atoms with Crippen LogP contribution in [0.2, 0.25) is 0 Å². The van der Waals surface area contributed by atoms with E-state index in [0.717, 1.165) is 38.8 Å². The van der Waals surface area contributed by atoms with Gasteiger partial charge in [0.2, 0.25) is 5.91 Å². The summed E-state index contributed by atoms with van der Waals surface area (Å²) in [6.07, 6.45) is 12.3. The zero-order valence-electron chi connectivity index (χ0n) is 12.5. The van der Waals surface area contributed by atoms with Crippen LogP contribution in [-0.2, 0) is 4.79 Å². The summed E-state index contributed by atoms with van der Waals surface area (Å²) in [7, 11) is 0. The van der Waals surface area contributed by atoms with Crippen molar-refractivity contribution in [1.29, 1.82) is 0 Å². The summed E-state index contributed by atoms with van der Waals surface area (Å²) < 4.78 is 0. The Labute approximate surface area is 129 Å². The monoisotopic (exact) mass is 300 g/mol. The molecule has 2 unspecified atom stereocenters. The number of carbonyl (C=O) groups excluding carboxylic acids is 1. The first-order valence-corrected chi connectivity index (χ1v) is 8.23. The number of nitrogens with two attached hydrogens (primary N) is 1. The van der Waals surface area contributed by atoms with Crippen molar-refractivity contribution in [2.45, 2.75) is 70.3 Å². The number of hydrogen-bond donors (Lipinski definition) is 1. The van der Waals surface area contributed by atoms with Gasteiger partial charge < -0.3 is 10.6 Å². The van der Waals surface area contributed by atoms with Gasteiger partial charge in [-0.1, -0.05) is 25.7 Å². The van der Waals surface area contributed by atoms with Crippen molar-refractivity contribution in [1.82, 2.24) is 4.90 Å². The molecule has 1 saturated heterocycles. The summed E-state index contributed by atoms with van der Waals surface area (Å²) in [4.78, 5) is 14.8. The fourth-order valence-corrected chi connectivity index (χ4v) is 4.54. The Kier molecular flexibility index (Phi) is 5.36. The molecule has 1 spiro atoms. The summed E-state index contributed by atoms with van der Waals surface area (Å²) in [6, 6.07) is 0.258. The summed E-state index contributed by atoms with van der Waals surface area (Å²) in [6.45, 7) is 2.04. The molecular formula is C16H29ClN2O. The van der Waals surface area contributed by atoms with Crippen molar-refractivity contribution in [2.24, 2.45) is 17.1 Å². The Morgan fingerprint density at radius 1 is 1.05 bits per heavy atom. The van der Waals surface area contributed by atoms with Crippen molar-refractivity contribution in [3.63, 3.8) is 0 Å². The molecule has 2 atom stereocenters. The minimum atomic E-state index is 0. The summed E-state index contributed by atoms with van der Waals surface area (Å²) in [5.41, 5.74) is 6.52. The van der Waals surface area contributed by atoms with Crippen LogP contribution in [-0.4, -0.2) is 29.9 Å². The first-order valence-electron chi connectivity index (χ1n) is 8.23. The van der Waals surface area contributed by atoms with Crippen LogP contribution >= 0.6 is 12.4 Å².